The molecule has 4 heterocycles. The summed E-state index contributed by atoms with van der Waals surface area (Å²) < 4.78 is 2.30. The van der Waals surface area contributed by atoms with Crippen molar-refractivity contribution in [2.24, 2.45) is 0 Å². The second kappa shape index (κ2) is 8.00. The SMILES string of the molecule is O=C1CCC2(CCCCC2)n2c1cc1cnc(NC3CCCNC3c3ccccc3)nc12. The normalized spacial score (nSPS) is 25.1. The monoisotopic (exact) mass is 429 g/mol. The van der Waals surface area contributed by atoms with Crippen molar-refractivity contribution in [1.82, 2.24) is 19.9 Å². The van der Waals surface area contributed by atoms with Gasteiger partial charge in [-0.15, -0.1) is 0 Å². The van der Waals surface area contributed by atoms with Crippen LogP contribution in [-0.4, -0.2) is 32.9 Å². The third-order valence-electron chi connectivity index (χ3n) is 7.83. The summed E-state index contributed by atoms with van der Waals surface area (Å²) in [6.45, 7) is 1.02. The average molecular weight is 430 g/mol. The summed E-state index contributed by atoms with van der Waals surface area (Å²) in [5, 5.41) is 8.29. The molecule has 2 atom stereocenters. The molecule has 3 aliphatic rings. The van der Waals surface area contributed by atoms with Gasteiger partial charge in [0.15, 0.2) is 5.78 Å². The third kappa shape index (κ3) is 3.32. The molecule has 1 saturated heterocycles. The van der Waals surface area contributed by atoms with Crippen molar-refractivity contribution >= 4 is 22.8 Å². The number of nitrogens with zero attached hydrogens (tertiary/aromatic N) is 3. The van der Waals surface area contributed by atoms with Crippen molar-refractivity contribution in [3.63, 3.8) is 0 Å². The number of hydrogen-bond donors (Lipinski definition) is 2. The minimum Gasteiger partial charge on any atom is -0.350 e. The number of ketones is 1. The highest BCUT2D eigenvalue weighted by atomic mass is 16.1. The van der Waals surface area contributed by atoms with E-state index in [-0.39, 0.29) is 23.4 Å². The van der Waals surface area contributed by atoms with Gasteiger partial charge in [0.25, 0.3) is 0 Å². The Morgan fingerprint density at radius 2 is 1.91 bits per heavy atom. The fraction of sp³-hybridized carbons (Fsp3) is 0.500. The number of carbonyl (C=O) groups excluding carboxylic acids is 1. The van der Waals surface area contributed by atoms with Gasteiger partial charge < -0.3 is 15.2 Å². The fourth-order valence-electron chi connectivity index (χ4n) is 6.23. The maximum atomic E-state index is 12.8. The van der Waals surface area contributed by atoms with Crippen molar-refractivity contribution < 1.29 is 4.79 Å². The molecule has 2 fully saturated rings. The average Bonchev–Trinajstić information content (AvgIpc) is 3.24. The van der Waals surface area contributed by atoms with E-state index < -0.39 is 0 Å². The molecular formula is C26H31N5O. The van der Waals surface area contributed by atoms with Gasteiger partial charge in [-0.25, -0.2) is 4.98 Å². The summed E-state index contributed by atoms with van der Waals surface area (Å²) >= 11 is 0. The predicted molar refractivity (Wildman–Crippen MR) is 126 cm³/mol. The second-order valence-corrected chi connectivity index (χ2v) is 9.78. The van der Waals surface area contributed by atoms with Gasteiger partial charge in [-0.2, -0.15) is 4.98 Å². The Kier molecular flexibility index (Phi) is 4.98. The van der Waals surface area contributed by atoms with E-state index in [1.165, 1.54) is 24.8 Å². The quantitative estimate of drug-likeness (QED) is 0.615. The summed E-state index contributed by atoms with van der Waals surface area (Å²) in [5.41, 5.74) is 3.10. The van der Waals surface area contributed by atoms with Gasteiger partial charge in [0, 0.05) is 29.6 Å². The zero-order chi connectivity index (χ0) is 21.5. The molecule has 6 rings (SSSR count). The lowest BCUT2D eigenvalue weighted by molar-refractivity contribution is 0.0852. The van der Waals surface area contributed by atoms with Crippen molar-refractivity contribution in [2.45, 2.75) is 75.4 Å². The number of rotatable bonds is 3. The summed E-state index contributed by atoms with van der Waals surface area (Å²) in [4.78, 5) is 22.5. The highest BCUT2D eigenvalue weighted by molar-refractivity contribution is 6.00. The van der Waals surface area contributed by atoms with Gasteiger partial charge in [0.05, 0.1) is 11.7 Å². The van der Waals surface area contributed by atoms with Gasteiger partial charge >= 0.3 is 0 Å². The number of Topliss-reactive ketones (excluding diaryl/α,β-unsaturated/α-hetero) is 1. The van der Waals surface area contributed by atoms with Crippen LogP contribution in [0.15, 0.2) is 42.6 Å². The first kappa shape index (κ1) is 19.9. The lowest BCUT2D eigenvalue weighted by atomic mass is 9.75. The van der Waals surface area contributed by atoms with Crippen LogP contribution in [-0.2, 0) is 5.54 Å². The number of anilines is 1. The molecule has 1 aliphatic carbocycles. The zero-order valence-corrected chi connectivity index (χ0v) is 18.5. The van der Waals surface area contributed by atoms with Crippen LogP contribution in [0.25, 0.3) is 11.0 Å². The van der Waals surface area contributed by atoms with Crippen LogP contribution in [0.3, 0.4) is 0 Å². The van der Waals surface area contributed by atoms with E-state index in [0.717, 1.165) is 55.4 Å². The summed E-state index contributed by atoms with van der Waals surface area (Å²) in [6, 6.07) is 13.1. The topological polar surface area (TPSA) is 71.8 Å². The number of fused-ring (bicyclic) bond motifs is 4. The summed E-state index contributed by atoms with van der Waals surface area (Å²) in [6.07, 6.45) is 11.7. The molecule has 1 saturated carbocycles. The zero-order valence-electron chi connectivity index (χ0n) is 18.5. The Hall–Kier alpha value is -2.73. The predicted octanol–water partition coefficient (Wildman–Crippen LogP) is 4.97. The van der Waals surface area contributed by atoms with Crippen LogP contribution >= 0.6 is 0 Å². The molecule has 2 unspecified atom stereocenters. The second-order valence-electron chi connectivity index (χ2n) is 9.78. The molecule has 2 aliphatic heterocycles. The van der Waals surface area contributed by atoms with E-state index in [2.05, 4.69) is 50.5 Å². The summed E-state index contributed by atoms with van der Waals surface area (Å²) in [5.74, 6) is 0.909. The van der Waals surface area contributed by atoms with Crippen LogP contribution in [0.5, 0.6) is 0 Å². The Bertz CT molecular complexity index is 1130. The molecule has 166 valence electrons. The molecule has 0 radical (unpaired) electrons. The standard InChI is InChI=1S/C26H31N5O/c32-22-11-14-26(12-5-2-6-13-26)31-21(22)16-19-17-28-25(30-24(19)31)29-20-10-7-15-27-23(20)18-8-3-1-4-9-18/h1,3-4,8-9,16-17,20,23,27H,2,5-7,10-15H2,(H,28,29,30). The van der Waals surface area contributed by atoms with E-state index >= 15 is 0 Å². The van der Waals surface area contributed by atoms with Crippen LogP contribution in [0.1, 0.15) is 79.9 Å². The number of piperidine rings is 1. The Morgan fingerprint density at radius 1 is 1.06 bits per heavy atom. The van der Waals surface area contributed by atoms with Crippen molar-refractivity contribution in [3.8, 4) is 0 Å². The number of nitrogens with one attached hydrogen (secondary N) is 2. The Morgan fingerprint density at radius 3 is 2.75 bits per heavy atom. The molecule has 6 heteroatoms. The van der Waals surface area contributed by atoms with Crippen LogP contribution in [0.2, 0.25) is 0 Å². The largest absolute Gasteiger partial charge is 0.350 e. The van der Waals surface area contributed by atoms with Crippen molar-refractivity contribution in [1.29, 1.82) is 0 Å². The molecule has 2 N–H and O–H groups in total. The highest BCUT2D eigenvalue weighted by Gasteiger charge is 2.41. The van der Waals surface area contributed by atoms with Crippen LogP contribution in [0.4, 0.5) is 5.95 Å². The number of aromatic nitrogens is 3. The van der Waals surface area contributed by atoms with Gasteiger partial charge in [-0.05, 0) is 50.3 Å². The fourth-order valence-corrected chi connectivity index (χ4v) is 6.23. The molecular weight excluding hydrogens is 398 g/mol. The minimum absolute atomic E-state index is 0.0494. The van der Waals surface area contributed by atoms with E-state index in [9.17, 15) is 4.79 Å². The molecule has 0 bridgehead atoms. The number of carbonyl (C=O) groups is 1. The Labute approximate surface area is 188 Å². The molecule has 1 aromatic carbocycles. The van der Waals surface area contributed by atoms with E-state index in [1.807, 2.05) is 12.3 Å². The van der Waals surface area contributed by atoms with Gasteiger partial charge in [-0.3, -0.25) is 4.79 Å². The first-order chi connectivity index (χ1) is 15.7. The van der Waals surface area contributed by atoms with E-state index in [0.29, 0.717) is 12.4 Å². The minimum atomic E-state index is 0.0494. The van der Waals surface area contributed by atoms with E-state index in [4.69, 9.17) is 4.98 Å². The molecule has 6 nitrogen and oxygen atoms in total. The van der Waals surface area contributed by atoms with Crippen molar-refractivity contribution in [2.75, 3.05) is 11.9 Å². The molecule has 1 spiro atoms. The molecule has 2 aromatic heterocycles. The van der Waals surface area contributed by atoms with Gasteiger partial charge in [0.2, 0.25) is 5.95 Å². The number of benzene rings is 1. The highest BCUT2D eigenvalue weighted by Crippen LogP contribution is 2.45. The van der Waals surface area contributed by atoms with Crippen molar-refractivity contribution in [3.05, 3.63) is 53.9 Å². The van der Waals surface area contributed by atoms with Gasteiger partial charge in [0.1, 0.15) is 5.65 Å². The van der Waals surface area contributed by atoms with Crippen LogP contribution < -0.4 is 10.6 Å². The molecule has 3 aromatic rings. The lowest BCUT2D eigenvalue weighted by Gasteiger charge is -2.42. The van der Waals surface area contributed by atoms with Crippen LogP contribution in [0, 0.1) is 0 Å². The first-order valence-electron chi connectivity index (χ1n) is 12.2. The Balaban J connectivity index is 1.37. The molecule has 0 amide bonds. The maximum absolute atomic E-state index is 12.8. The molecule has 32 heavy (non-hydrogen) atoms. The smallest absolute Gasteiger partial charge is 0.224 e. The first-order valence-corrected chi connectivity index (χ1v) is 12.2. The summed E-state index contributed by atoms with van der Waals surface area (Å²) in [7, 11) is 0. The third-order valence-corrected chi connectivity index (χ3v) is 7.83. The van der Waals surface area contributed by atoms with E-state index in [1.54, 1.807) is 0 Å². The lowest BCUT2D eigenvalue weighted by Crippen LogP contribution is -2.42. The maximum Gasteiger partial charge on any atom is 0.224 e. The van der Waals surface area contributed by atoms with Gasteiger partial charge in [-0.1, -0.05) is 49.6 Å². The number of hydrogen-bond acceptors (Lipinski definition) is 5.